The fourth-order valence-corrected chi connectivity index (χ4v) is 2.55. The van der Waals surface area contributed by atoms with E-state index in [4.69, 9.17) is 5.73 Å². The third-order valence-corrected chi connectivity index (χ3v) is 3.50. The van der Waals surface area contributed by atoms with Crippen molar-refractivity contribution in [2.45, 2.75) is 26.8 Å². The Bertz CT molecular complexity index is 872. The van der Waals surface area contributed by atoms with E-state index < -0.39 is 0 Å². The molecule has 2 heterocycles. The number of nitrogen functional groups attached to an aromatic ring is 1. The van der Waals surface area contributed by atoms with Gasteiger partial charge in [-0.05, 0) is 39.0 Å². The zero-order chi connectivity index (χ0) is 17.3. The molecule has 3 aromatic rings. The number of hydrogen-bond donors (Lipinski definition) is 3. The summed E-state index contributed by atoms with van der Waals surface area (Å²) in [6.45, 7) is 6.81. The molecule has 126 valence electrons. The summed E-state index contributed by atoms with van der Waals surface area (Å²) in [5.41, 5.74) is 7.64. The van der Waals surface area contributed by atoms with E-state index in [-0.39, 0.29) is 17.8 Å². The number of nitrogens with zero attached hydrogens (tertiary/aromatic N) is 4. The number of rotatable bonds is 5. The molecule has 0 atom stereocenters. The first-order valence-electron chi connectivity index (χ1n) is 7.81. The predicted molar refractivity (Wildman–Crippen MR) is 94.0 cm³/mol. The van der Waals surface area contributed by atoms with Crippen molar-refractivity contribution in [1.82, 2.24) is 19.5 Å². The van der Waals surface area contributed by atoms with Crippen molar-refractivity contribution in [3.05, 3.63) is 30.1 Å². The molecule has 0 unspecified atom stereocenters. The monoisotopic (exact) mass is 329 g/mol. The summed E-state index contributed by atoms with van der Waals surface area (Å²) in [6.07, 6.45) is 0. The summed E-state index contributed by atoms with van der Waals surface area (Å²) < 4.78 is 15.4. The average molecular weight is 329 g/mol. The quantitative estimate of drug-likeness (QED) is 0.665. The lowest BCUT2D eigenvalue weighted by molar-refractivity contribution is 0.618. The molecule has 24 heavy (non-hydrogen) atoms. The molecule has 0 saturated heterocycles. The Morgan fingerprint density at radius 1 is 1.25 bits per heavy atom. The van der Waals surface area contributed by atoms with Crippen molar-refractivity contribution in [2.75, 3.05) is 22.9 Å². The van der Waals surface area contributed by atoms with Crippen molar-refractivity contribution in [3.63, 3.8) is 0 Å². The van der Waals surface area contributed by atoms with Crippen LogP contribution in [0.1, 0.15) is 26.8 Å². The minimum Gasteiger partial charge on any atom is -0.368 e. The van der Waals surface area contributed by atoms with Crippen LogP contribution in [0.15, 0.2) is 24.3 Å². The fraction of sp³-hybridized carbons (Fsp3) is 0.312. The third-order valence-electron chi connectivity index (χ3n) is 3.50. The molecule has 3 rings (SSSR count). The van der Waals surface area contributed by atoms with Gasteiger partial charge in [-0.3, -0.25) is 4.57 Å². The van der Waals surface area contributed by atoms with Crippen LogP contribution in [0.3, 0.4) is 0 Å². The van der Waals surface area contributed by atoms with Gasteiger partial charge >= 0.3 is 0 Å². The Labute approximate surface area is 139 Å². The lowest BCUT2D eigenvalue weighted by Gasteiger charge is -2.12. The van der Waals surface area contributed by atoms with Gasteiger partial charge in [0.2, 0.25) is 11.9 Å². The first-order valence-corrected chi connectivity index (χ1v) is 7.81. The smallest absolute Gasteiger partial charge is 0.224 e. The largest absolute Gasteiger partial charge is 0.368 e. The molecule has 0 bridgehead atoms. The summed E-state index contributed by atoms with van der Waals surface area (Å²) in [4.78, 5) is 13.2. The highest BCUT2D eigenvalue weighted by atomic mass is 19.1. The van der Waals surface area contributed by atoms with Gasteiger partial charge in [0.15, 0.2) is 17.0 Å². The van der Waals surface area contributed by atoms with Gasteiger partial charge in [-0.2, -0.15) is 9.97 Å². The van der Waals surface area contributed by atoms with Crippen LogP contribution in [0.25, 0.3) is 11.2 Å². The zero-order valence-electron chi connectivity index (χ0n) is 13.8. The molecule has 0 radical (unpaired) electrons. The van der Waals surface area contributed by atoms with E-state index in [1.54, 1.807) is 12.1 Å². The van der Waals surface area contributed by atoms with E-state index in [0.29, 0.717) is 28.6 Å². The van der Waals surface area contributed by atoms with E-state index in [0.717, 1.165) is 6.54 Å². The van der Waals surface area contributed by atoms with E-state index in [1.165, 1.54) is 12.1 Å². The van der Waals surface area contributed by atoms with Gasteiger partial charge in [0.05, 0.1) is 0 Å². The summed E-state index contributed by atoms with van der Waals surface area (Å²) in [5, 5.41) is 6.30. The maximum Gasteiger partial charge on any atom is 0.224 e. The summed E-state index contributed by atoms with van der Waals surface area (Å²) in [5.74, 6) is 0.942. The maximum absolute atomic E-state index is 13.4. The van der Waals surface area contributed by atoms with Crippen LogP contribution in [0.4, 0.5) is 27.8 Å². The average Bonchev–Trinajstić information content (AvgIpc) is 2.86. The third kappa shape index (κ3) is 2.94. The first kappa shape index (κ1) is 16.0. The van der Waals surface area contributed by atoms with Crippen LogP contribution in [-0.2, 0) is 0 Å². The Morgan fingerprint density at radius 3 is 2.71 bits per heavy atom. The van der Waals surface area contributed by atoms with Gasteiger partial charge < -0.3 is 16.4 Å². The molecule has 0 aliphatic carbocycles. The highest BCUT2D eigenvalue weighted by molar-refractivity contribution is 5.88. The van der Waals surface area contributed by atoms with Crippen LogP contribution in [0, 0.1) is 5.82 Å². The Kier molecular flexibility index (Phi) is 4.20. The molecule has 2 aromatic heterocycles. The second-order valence-corrected chi connectivity index (χ2v) is 5.67. The summed E-state index contributed by atoms with van der Waals surface area (Å²) in [6, 6.07) is 6.27. The predicted octanol–water partition coefficient (Wildman–Crippen LogP) is 3.30. The topological polar surface area (TPSA) is 93.7 Å². The van der Waals surface area contributed by atoms with Crippen LogP contribution in [0.2, 0.25) is 0 Å². The zero-order valence-corrected chi connectivity index (χ0v) is 13.8. The summed E-state index contributed by atoms with van der Waals surface area (Å²) in [7, 11) is 0. The van der Waals surface area contributed by atoms with E-state index in [2.05, 4.69) is 25.6 Å². The number of fused-ring (bicyclic) bond motifs is 1. The van der Waals surface area contributed by atoms with Gasteiger partial charge in [0.1, 0.15) is 5.82 Å². The minimum atomic E-state index is -0.334. The minimum absolute atomic E-state index is 0.131. The van der Waals surface area contributed by atoms with Crippen molar-refractivity contribution in [1.29, 1.82) is 0 Å². The van der Waals surface area contributed by atoms with Gasteiger partial charge in [-0.15, -0.1) is 0 Å². The van der Waals surface area contributed by atoms with Gasteiger partial charge in [0, 0.05) is 18.3 Å². The number of aromatic nitrogens is 4. The molecule has 7 nitrogen and oxygen atoms in total. The van der Waals surface area contributed by atoms with Gasteiger partial charge in [-0.1, -0.05) is 6.07 Å². The van der Waals surface area contributed by atoms with Crippen LogP contribution >= 0.6 is 0 Å². The van der Waals surface area contributed by atoms with Gasteiger partial charge in [0.25, 0.3) is 0 Å². The second kappa shape index (κ2) is 6.31. The molecular weight excluding hydrogens is 309 g/mol. The normalized spacial score (nSPS) is 11.2. The lowest BCUT2D eigenvalue weighted by Crippen LogP contribution is -2.10. The van der Waals surface area contributed by atoms with Crippen molar-refractivity contribution in [2.24, 2.45) is 0 Å². The number of imidazole rings is 1. The van der Waals surface area contributed by atoms with Crippen molar-refractivity contribution < 1.29 is 4.39 Å². The standard InChI is InChI=1S/C16H20FN7/c1-4-19-16-21-12-13(20-11-7-5-6-10(17)8-11)22-15(18)23-14(12)24(16)9(2)3/h5-9H,4H2,1-3H3,(H,19,21)(H3,18,20,22,23). The van der Waals surface area contributed by atoms with E-state index in [1.807, 2.05) is 25.3 Å². The molecule has 0 saturated carbocycles. The molecular formula is C16H20FN7. The molecule has 0 aliphatic heterocycles. The second-order valence-electron chi connectivity index (χ2n) is 5.67. The Morgan fingerprint density at radius 2 is 2.04 bits per heavy atom. The SMILES string of the molecule is CCNc1nc2c(Nc3cccc(F)c3)nc(N)nc2n1C(C)C. The maximum atomic E-state index is 13.4. The van der Waals surface area contributed by atoms with Crippen molar-refractivity contribution in [3.8, 4) is 0 Å². The number of anilines is 4. The van der Waals surface area contributed by atoms with E-state index >= 15 is 0 Å². The molecule has 0 fully saturated rings. The molecule has 4 N–H and O–H groups in total. The molecule has 0 spiro atoms. The summed E-state index contributed by atoms with van der Waals surface area (Å²) >= 11 is 0. The van der Waals surface area contributed by atoms with Gasteiger partial charge in [-0.25, -0.2) is 9.37 Å². The molecule has 8 heteroatoms. The number of nitrogens with two attached hydrogens (primary N) is 1. The highest BCUT2D eigenvalue weighted by Crippen LogP contribution is 2.29. The molecule has 0 amide bonds. The molecule has 1 aromatic carbocycles. The number of benzene rings is 1. The first-order chi connectivity index (χ1) is 11.5. The van der Waals surface area contributed by atoms with Crippen molar-refractivity contribution >= 4 is 34.6 Å². The van der Waals surface area contributed by atoms with Crippen LogP contribution in [0.5, 0.6) is 0 Å². The fourth-order valence-electron chi connectivity index (χ4n) is 2.55. The van der Waals surface area contributed by atoms with E-state index in [9.17, 15) is 4.39 Å². The number of hydrogen-bond acceptors (Lipinski definition) is 6. The van der Waals surface area contributed by atoms with Crippen LogP contribution < -0.4 is 16.4 Å². The Hall–Kier alpha value is -2.90. The molecule has 0 aliphatic rings. The number of halogens is 1. The number of nitrogens with one attached hydrogen (secondary N) is 2. The lowest BCUT2D eigenvalue weighted by atomic mass is 10.3. The van der Waals surface area contributed by atoms with Crippen LogP contribution in [-0.4, -0.2) is 26.1 Å². The highest BCUT2D eigenvalue weighted by Gasteiger charge is 2.19. The Balaban J connectivity index is 2.15.